The van der Waals surface area contributed by atoms with Crippen LogP contribution >= 0.6 is 22.9 Å². The van der Waals surface area contributed by atoms with Gasteiger partial charge in [0.1, 0.15) is 4.34 Å². The van der Waals surface area contributed by atoms with Crippen LogP contribution in [0.15, 0.2) is 35.4 Å². The number of hydrogen-bond acceptors (Lipinski definition) is 6. The zero-order chi connectivity index (χ0) is 22.7. The molecule has 1 atom stereocenters. The summed E-state index contributed by atoms with van der Waals surface area (Å²) >= 11 is 7.18. The van der Waals surface area contributed by atoms with E-state index in [1.165, 1.54) is 34.7 Å². The Morgan fingerprint density at radius 2 is 1.84 bits per heavy atom. The molecule has 1 aromatic carbocycles. The molecule has 4 rings (SSSR count). The molecule has 1 saturated carbocycles. The molecule has 2 heterocycles. The van der Waals surface area contributed by atoms with Crippen LogP contribution in [0.4, 0.5) is 5.13 Å². The molecule has 1 aromatic heterocycles. The third-order valence-corrected chi connectivity index (χ3v) is 9.39. The van der Waals surface area contributed by atoms with E-state index in [2.05, 4.69) is 15.2 Å². The minimum atomic E-state index is -3.53. The molecule has 10 heteroatoms. The Bertz CT molecular complexity index is 1030. The molecule has 0 bridgehead atoms. The first-order valence-corrected chi connectivity index (χ1v) is 13.7. The van der Waals surface area contributed by atoms with Crippen molar-refractivity contribution in [3.05, 3.63) is 40.4 Å². The molecule has 2 aliphatic rings. The van der Waals surface area contributed by atoms with Crippen molar-refractivity contribution in [3.8, 4) is 0 Å². The molecule has 174 valence electrons. The van der Waals surface area contributed by atoms with Gasteiger partial charge in [0.05, 0.1) is 17.0 Å². The first-order valence-electron chi connectivity index (χ1n) is 11.0. The van der Waals surface area contributed by atoms with Crippen LogP contribution in [-0.2, 0) is 14.8 Å². The Kier molecular flexibility index (Phi) is 7.51. The van der Waals surface area contributed by atoms with Gasteiger partial charge in [-0.25, -0.2) is 13.4 Å². The Morgan fingerprint density at radius 1 is 1.19 bits per heavy atom. The molecule has 1 N–H and O–H groups in total. The molecule has 1 aliphatic carbocycles. The molecule has 7 nitrogen and oxygen atoms in total. The molecule has 1 saturated heterocycles. The maximum Gasteiger partial charge on any atom is 0.243 e. The smallest absolute Gasteiger partial charge is 0.243 e. The average Bonchev–Trinajstić information content (AvgIpc) is 3.44. The Labute approximate surface area is 198 Å². The summed E-state index contributed by atoms with van der Waals surface area (Å²) in [5, 5.41) is 3.37. The topological polar surface area (TPSA) is 82.6 Å². The number of carbonyl (C=O) groups is 1. The molecule has 2 aromatic rings. The number of thiazole rings is 1. The monoisotopic (exact) mass is 496 g/mol. The number of aromatic nitrogens is 1. The number of nitrogens with one attached hydrogen (secondary N) is 1. The van der Waals surface area contributed by atoms with Gasteiger partial charge >= 0.3 is 0 Å². The highest BCUT2D eigenvalue weighted by atomic mass is 35.5. The maximum atomic E-state index is 13.2. The Hall–Kier alpha value is -1.52. The number of nitrogens with zero attached hydrogens (tertiary/aromatic N) is 3. The van der Waals surface area contributed by atoms with E-state index in [0.29, 0.717) is 28.5 Å². The van der Waals surface area contributed by atoms with Crippen LogP contribution in [0.25, 0.3) is 0 Å². The van der Waals surface area contributed by atoms with E-state index in [1.807, 2.05) is 7.05 Å². The number of anilines is 1. The van der Waals surface area contributed by atoms with Gasteiger partial charge < -0.3 is 10.2 Å². The van der Waals surface area contributed by atoms with Gasteiger partial charge in [-0.05, 0) is 37.1 Å². The Morgan fingerprint density at radius 3 is 2.44 bits per heavy atom. The van der Waals surface area contributed by atoms with Crippen molar-refractivity contribution in [2.45, 2.75) is 42.9 Å². The number of benzene rings is 1. The molecule has 0 radical (unpaired) electrons. The van der Waals surface area contributed by atoms with E-state index >= 15 is 0 Å². The summed E-state index contributed by atoms with van der Waals surface area (Å²) in [4.78, 5) is 19.7. The zero-order valence-electron chi connectivity index (χ0n) is 18.2. The molecule has 0 spiro atoms. The number of sulfonamides is 1. The van der Waals surface area contributed by atoms with Crippen molar-refractivity contribution in [1.82, 2.24) is 14.2 Å². The van der Waals surface area contributed by atoms with Crippen LogP contribution in [0.3, 0.4) is 0 Å². The first-order chi connectivity index (χ1) is 15.3. The lowest BCUT2D eigenvalue weighted by Gasteiger charge is -2.31. The van der Waals surface area contributed by atoms with E-state index in [0.717, 1.165) is 37.9 Å². The lowest BCUT2D eigenvalue weighted by Crippen LogP contribution is -2.47. The number of likely N-dealkylation sites (N-methyl/N-ethyl adjacent to an activating group) is 1. The summed E-state index contributed by atoms with van der Waals surface area (Å²) in [6.45, 7) is 2.43. The van der Waals surface area contributed by atoms with Gasteiger partial charge in [-0.1, -0.05) is 60.8 Å². The highest BCUT2D eigenvalue weighted by molar-refractivity contribution is 7.89. The molecule has 0 unspecified atom stereocenters. The molecule has 32 heavy (non-hydrogen) atoms. The summed E-state index contributed by atoms with van der Waals surface area (Å²) in [6.07, 6.45) is 6.92. The van der Waals surface area contributed by atoms with Crippen molar-refractivity contribution >= 4 is 44.0 Å². The second-order valence-electron chi connectivity index (χ2n) is 8.67. The predicted octanol–water partition coefficient (Wildman–Crippen LogP) is 4.04. The highest BCUT2D eigenvalue weighted by Crippen LogP contribution is 2.36. The normalized spacial score (nSPS) is 19.8. The van der Waals surface area contributed by atoms with Crippen molar-refractivity contribution < 1.29 is 13.2 Å². The number of carbonyl (C=O) groups excluding carboxylic acids is 1. The van der Waals surface area contributed by atoms with Crippen molar-refractivity contribution in [1.29, 1.82) is 0 Å². The SMILES string of the molecule is CN1CCN(S(=O)(=O)c2ccc([C@@H](CC3CCCC3)C(=O)Nc3ncc(Cl)s3)cc2)CC1. The van der Waals surface area contributed by atoms with Gasteiger partial charge in [0.25, 0.3) is 0 Å². The third kappa shape index (κ3) is 5.51. The number of piperazine rings is 1. The Balaban J connectivity index is 1.53. The number of amides is 1. The standard InChI is InChI=1S/C22H29ClN4O3S2/c1-26-10-12-27(13-11-26)32(29,30)18-8-6-17(7-9-18)19(14-16-4-2-3-5-16)21(28)25-22-24-15-20(23)31-22/h6-9,15-16,19H,2-5,10-14H2,1H3,(H,24,25,28)/t19-/m1/s1. The van der Waals surface area contributed by atoms with Crippen LogP contribution in [0.5, 0.6) is 0 Å². The highest BCUT2D eigenvalue weighted by Gasteiger charge is 2.30. The summed E-state index contributed by atoms with van der Waals surface area (Å²) in [5.74, 6) is 0.0122. The van der Waals surface area contributed by atoms with Gasteiger partial charge in [-0.2, -0.15) is 4.31 Å². The molecular weight excluding hydrogens is 468 g/mol. The van der Waals surface area contributed by atoms with Crippen LogP contribution in [0.1, 0.15) is 43.6 Å². The maximum absolute atomic E-state index is 13.2. The largest absolute Gasteiger partial charge is 0.304 e. The van der Waals surface area contributed by atoms with E-state index in [4.69, 9.17) is 11.6 Å². The molecule has 1 amide bonds. The molecular formula is C22H29ClN4O3S2. The van der Waals surface area contributed by atoms with Gasteiger partial charge in [0.2, 0.25) is 15.9 Å². The van der Waals surface area contributed by atoms with E-state index in [9.17, 15) is 13.2 Å². The van der Waals surface area contributed by atoms with Crippen molar-refractivity contribution in [3.63, 3.8) is 0 Å². The zero-order valence-corrected chi connectivity index (χ0v) is 20.6. The fraction of sp³-hybridized carbons (Fsp3) is 0.545. The van der Waals surface area contributed by atoms with Gasteiger partial charge in [-0.3, -0.25) is 4.79 Å². The van der Waals surface area contributed by atoms with Crippen LogP contribution in [-0.4, -0.2) is 61.7 Å². The minimum absolute atomic E-state index is 0.127. The quantitative estimate of drug-likeness (QED) is 0.625. The lowest BCUT2D eigenvalue weighted by molar-refractivity contribution is -0.118. The average molecular weight is 497 g/mol. The number of halogens is 1. The second-order valence-corrected chi connectivity index (χ2v) is 12.3. The number of rotatable bonds is 7. The van der Waals surface area contributed by atoms with Gasteiger partial charge in [0.15, 0.2) is 5.13 Å². The molecule has 1 aliphatic heterocycles. The minimum Gasteiger partial charge on any atom is -0.304 e. The van der Waals surface area contributed by atoms with Crippen molar-refractivity contribution in [2.24, 2.45) is 5.92 Å². The van der Waals surface area contributed by atoms with Crippen LogP contribution in [0.2, 0.25) is 4.34 Å². The van der Waals surface area contributed by atoms with E-state index in [1.54, 1.807) is 24.3 Å². The predicted molar refractivity (Wildman–Crippen MR) is 128 cm³/mol. The van der Waals surface area contributed by atoms with Gasteiger partial charge in [0, 0.05) is 26.2 Å². The fourth-order valence-electron chi connectivity index (χ4n) is 4.53. The van der Waals surface area contributed by atoms with Crippen LogP contribution in [0, 0.1) is 5.92 Å². The fourth-order valence-corrected chi connectivity index (χ4v) is 6.77. The molecule has 2 fully saturated rings. The lowest BCUT2D eigenvalue weighted by atomic mass is 9.87. The van der Waals surface area contributed by atoms with Gasteiger partial charge in [-0.15, -0.1) is 0 Å². The summed E-state index contributed by atoms with van der Waals surface area (Å²) < 4.78 is 28.1. The summed E-state index contributed by atoms with van der Waals surface area (Å²) in [5.41, 5.74) is 0.828. The first kappa shape index (κ1) is 23.6. The van der Waals surface area contributed by atoms with E-state index in [-0.39, 0.29) is 16.7 Å². The third-order valence-electron chi connectivity index (χ3n) is 6.45. The van der Waals surface area contributed by atoms with E-state index < -0.39 is 10.0 Å². The van der Waals surface area contributed by atoms with Crippen molar-refractivity contribution in [2.75, 3.05) is 38.5 Å². The summed E-state index contributed by atoms with van der Waals surface area (Å²) in [7, 11) is -1.54. The van der Waals surface area contributed by atoms with Crippen LogP contribution < -0.4 is 5.32 Å². The summed E-state index contributed by atoms with van der Waals surface area (Å²) in [6, 6.07) is 6.85. The second kappa shape index (κ2) is 10.2. The number of hydrogen-bond donors (Lipinski definition) is 1.